The summed E-state index contributed by atoms with van der Waals surface area (Å²) in [7, 11) is 0. The molecule has 0 aromatic heterocycles. The van der Waals surface area contributed by atoms with Crippen molar-refractivity contribution < 1.29 is 8.78 Å². The van der Waals surface area contributed by atoms with Gasteiger partial charge in [-0.2, -0.15) is 0 Å². The zero-order valence-corrected chi connectivity index (χ0v) is 6.81. The summed E-state index contributed by atoms with van der Waals surface area (Å²) in [6.45, 7) is 0. The van der Waals surface area contributed by atoms with Crippen LogP contribution in [0.25, 0.3) is 0 Å². The Bertz CT molecular complexity index is 172. The predicted octanol–water partition coefficient (Wildman–Crippen LogP) is 2.76. The molecule has 0 saturated carbocycles. The number of hydrogen-bond acceptors (Lipinski definition) is 0. The molecule has 0 saturated heterocycles. The lowest BCUT2D eigenvalue weighted by Crippen LogP contribution is -2.26. The van der Waals surface area contributed by atoms with Crippen LogP contribution in [0, 0.1) is 5.92 Å². The third-order valence-corrected chi connectivity index (χ3v) is 2.13. The van der Waals surface area contributed by atoms with E-state index in [9.17, 15) is 8.78 Å². The van der Waals surface area contributed by atoms with Crippen molar-refractivity contribution in [3.05, 3.63) is 24.3 Å². The normalized spacial score (nSPS) is 28.9. The minimum absolute atomic E-state index is 0.306. The van der Waals surface area contributed by atoms with Crippen LogP contribution in [0.1, 0.15) is 0 Å². The fourth-order valence-electron chi connectivity index (χ4n) is 0.788. The molecule has 0 fully saturated rings. The second kappa shape index (κ2) is 2.82. The number of allylic oxidation sites excluding steroid dienone is 4. The Hall–Kier alpha value is -0.180. The summed E-state index contributed by atoms with van der Waals surface area (Å²) in [5.41, 5.74) is 0. The van der Waals surface area contributed by atoms with Gasteiger partial charge in [0, 0.05) is 5.33 Å². The zero-order chi connectivity index (χ0) is 7.61. The van der Waals surface area contributed by atoms with Crippen molar-refractivity contribution in [3.8, 4) is 0 Å². The molecule has 0 heterocycles. The Morgan fingerprint density at radius 3 is 2.50 bits per heavy atom. The summed E-state index contributed by atoms with van der Waals surface area (Å²) in [6.07, 6.45) is 5.45. The SMILES string of the molecule is FC1(F)C=CC=CC1CBr. The summed E-state index contributed by atoms with van der Waals surface area (Å²) in [5, 5.41) is 0.306. The van der Waals surface area contributed by atoms with Gasteiger partial charge in [-0.3, -0.25) is 0 Å². The Morgan fingerprint density at radius 2 is 2.10 bits per heavy atom. The Labute approximate surface area is 66.7 Å². The number of alkyl halides is 3. The molecule has 0 N–H and O–H groups in total. The highest BCUT2D eigenvalue weighted by Gasteiger charge is 2.35. The number of halogens is 3. The van der Waals surface area contributed by atoms with Crippen LogP contribution in [0.4, 0.5) is 8.78 Å². The third-order valence-electron chi connectivity index (χ3n) is 1.43. The number of rotatable bonds is 1. The molecule has 10 heavy (non-hydrogen) atoms. The summed E-state index contributed by atoms with van der Waals surface area (Å²) >= 11 is 3.02. The van der Waals surface area contributed by atoms with E-state index in [1.807, 2.05) is 0 Å². The van der Waals surface area contributed by atoms with Gasteiger partial charge >= 0.3 is 0 Å². The van der Waals surface area contributed by atoms with Crippen LogP contribution in [0.5, 0.6) is 0 Å². The van der Waals surface area contributed by atoms with Crippen molar-refractivity contribution >= 4 is 15.9 Å². The summed E-state index contributed by atoms with van der Waals surface area (Å²) in [6, 6.07) is 0. The molecule has 0 bridgehead atoms. The van der Waals surface area contributed by atoms with Gasteiger partial charge in [-0.05, 0) is 6.08 Å². The molecule has 1 rings (SSSR count). The van der Waals surface area contributed by atoms with Crippen LogP contribution >= 0.6 is 15.9 Å². The summed E-state index contributed by atoms with van der Waals surface area (Å²) in [5.74, 6) is -3.35. The molecule has 1 unspecified atom stereocenters. The van der Waals surface area contributed by atoms with Crippen LogP contribution in [-0.2, 0) is 0 Å². The van der Waals surface area contributed by atoms with Gasteiger partial charge in [0.1, 0.15) is 0 Å². The molecular formula is C7H7BrF2. The standard InChI is InChI=1S/C7H7BrF2/c8-5-6-3-1-2-4-7(6,9)10/h1-4,6H,5H2. The van der Waals surface area contributed by atoms with Crippen LogP contribution in [-0.4, -0.2) is 11.3 Å². The molecule has 56 valence electrons. The van der Waals surface area contributed by atoms with Crippen LogP contribution in [0.3, 0.4) is 0 Å². The van der Waals surface area contributed by atoms with E-state index in [0.29, 0.717) is 5.33 Å². The lowest BCUT2D eigenvalue weighted by atomic mass is 9.99. The average molecular weight is 209 g/mol. The van der Waals surface area contributed by atoms with E-state index in [0.717, 1.165) is 6.08 Å². The monoisotopic (exact) mass is 208 g/mol. The quantitative estimate of drug-likeness (QED) is 0.582. The lowest BCUT2D eigenvalue weighted by Gasteiger charge is -2.20. The maximum Gasteiger partial charge on any atom is 0.273 e. The van der Waals surface area contributed by atoms with Gasteiger partial charge in [0.05, 0.1) is 5.92 Å². The molecular weight excluding hydrogens is 202 g/mol. The van der Waals surface area contributed by atoms with E-state index in [4.69, 9.17) is 0 Å². The fraction of sp³-hybridized carbons (Fsp3) is 0.429. The van der Waals surface area contributed by atoms with Crippen molar-refractivity contribution in [3.63, 3.8) is 0 Å². The van der Waals surface area contributed by atoms with Gasteiger partial charge in [0.15, 0.2) is 0 Å². The van der Waals surface area contributed by atoms with Crippen LogP contribution < -0.4 is 0 Å². The van der Waals surface area contributed by atoms with Crippen molar-refractivity contribution in [2.45, 2.75) is 5.92 Å². The first-order valence-electron chi connectivity index (χ1n) is 2.96. The maximum absolute atomic E-state index is 12.7. The molecule has 1 aliphatic carbocycles. The van der Waals surface area contributed by atoms with Crippen LogP contribution in [0.2, 0.25) is 0 Å². The predicted molar refractivity (Wildman–Crippen MR) is 40.5 cm³/mol. The molecule has 0 spiro atoms. The highest BCUT2D eigenvalue weighted by molar-refractivity contribution is 9.09. The second-order valence-electron chi connectivity index (χ2n) is 2.18. The van der Waals surface area contributed by atoms with E-state index in [1.54, 1.807) is 6.08 Å². The highest BCUT2D eigenvalue weighted by Crippen LogP contribution is 2.31. The molecule has 3 heteroatoms. The van der Waals surface area contributed by atoms with E-state index >= 15 is 0 Å². The first-order chi connectivity index (χ1) is 4.67. The van der Waals surface area contributed by atoms with Gasteiger partial charge < -0.3 is 0 Å². The van der Waals surface area contributed by atoms with E-state index in [1.165, 1.54) is 12.2 Å². The van der Waals surface area contributed by atoms with E-state index in [-0.39, 0.29) is 0 Å². The molecule has 0 radical (unpaired) electrons. The van der Waals surface area contributed by atoms with Crippen molar-refractivity contribution in [1.29, 1.82) is 0 Å². The van der Waals surface area contributed by atoms with Gasteiger partial charge in [0.2, 0.25) is 0 Å². The number of hydrogen-bond donors (Lipinski definition) is 0. The summed E-state index contributed by atoms with van der Waals surface area (Å²) in [4.78, 5) is 0. The van der Waals surface area contributed by atoms with Crippen molar-refractivity contribution in [2.75, 3.05) is 5.33 Å². The molecule has 0 aromatic carbocycles. The molecule has 1 atom stereocenters. The van der Waals surface area contributed by atoms with Crippen molar-refractivity contribution in [2.24, 2.45) is 5.92 Å². The molecule has 0 aromatic rings. The minimum atomic E-state index is -2.67. The fourth-order valence-corrected chi connectivity index (χ4v) is 1.44. The van der Waals surface area contributed by atoms with Gasteiger partial charge in [-0.25, -0.2) is 8.78 Å². The molecule has 0 nitrogen and oxygen atoms in total. The Morgan fingerprint density at radius 1 is 1.40 bits per heavy atom. The molecule has 0 aliphatic heterocycles. The van der Waals surface area contributed by atoms with Gasteiger partial charge in [-0.1, -0.05) is 34.2 Å². The average Bonchev–Trinajstić information content (AvgIpc) is 1.87. The second-order valence-corrected chi connectivity index (χ2v) is 2.83. The smallest absolute Gasteiger partial charge is 0.201 e. The van der Waals surface area contributed by atoms with Gasteiger partial charge in [0.25, 0.3) is 5.92 Å². The van der Waals surface area contributed by atoms with Crippen molar-refractivity contribution in [1.82, 2.24) is 0 Å². The topological polar surface area (TPSA) is 0 Å². The first-order valence-corrected chi connectivity index (χ1v) is 4.09. The largest absolute Gasteiger partial charge is 0.273 e. The molecule has 0 amide bonds. The van der Waals surface area contributed by atoms with Gasteiger partial charge in [-0.15, -0.1) is 0 Å². The summed E-state index contributed by atoms with van der Waals surface area (Å²) < 4.78 is 25.4. The zero-order valence-electron chi connectivity index (χ0n) is 5.23. The molecule has 1 aliphatic rings. The van der Waals surface area contributed by atoms with Crippen LogP contribution in [0.15, 0.2) is 24.3 Å². The third kappa shape index (κ3) is 1.45. The Kier molecular flexibility index (Phi) is 2.24. The van der Waals surface area contributed by atoms with E-state index < -0.39 is 11.8 Å². The first kappa shape index (κ1) is 7.92. The maximum atomic E-state index is 12.7. The lowest BCUT2D eigenvalue weighted by molar-refractivity contribution is 0.0186. The Balaban J connectivity index is 2.74. The minimum Gasteiger partial charge on any atom is -0.201 e. The van der Waals surface area contributed by atoms with E-state index in [2.05, 4.69) is 15.9 Å². The highest BCUT2D eigenvalue weighted by atomic mass is 79.9.